The molecule has 4 heterocycles. The number of hydrogen-bond acceptors (Lipinski definition) is 9. The smallest absolute Gasteiger partial charge is 0.338 e. The van der Waals surface area contributed by atoms with E-state index in [2.05, 4.69) is 15.0 Å². The highest BCUT2D eigenvalue weighted by Gasteiger charge is 2.33. The Labute approximate surface area is 218 Å². The van der Waals surface area contributed by atoms with Gasteiger partial charge in [0.15, 0.2) is 15.1 Å². The third-order valence-electron chi connectivity index (χ3n) is 5.54. The van der Waals surface area contributed by atoms with Crippen LogP contribution in [0.15, 0.2) is 84.4 Å². The van der Waals surface area contributed by atoms with Crippen LogP contribution in [0.25, 0.3) is 6.08 Å². The molecule has 1 aromatic carbocycles. The van der Waals surface area contributed by atoms with E-state index in [1.54, 1.807) is 50.4 Å². The molecule has 1 aliphatic rings. The van der Waals surface area contributed by atoms with Crippen LogP contribution in [-0.4, -0.2) is 27.1 Å². The molecule has 0 unspecified atom stereocenters. The fourth-order valence-electron chi connectivity index (χ4n) is 3.91. The molecule has 0 bridgehead atoms. The Bertz CT molecular complexity index is 1700. The molecule has 8 nitrogen and oxygen atoms in total. The predicted octanol–water partition coefficient (Wildman–Crippen LogP) is 3.78. The third kappa shape index (κ3) is 5.05. The van der Waals surface area contributed by atoms with E-state index in [-0.39, 0.29) is 17.7 Å². The average Bonchev–Trinajstić information content (AvgIpc) is 3.42. The number of aromatic nitrogens is 3. The van der Waals surface area contributed by atoms with Crippen LogP contribution in [0.4, 0.5) is 4.39 Å². The molecule has 4 aromatic rings. The summed E-state index contributed by atoms with van der Waals surface area (Å²) in [5.41, 5.74) is 1.75. The van der Waals surface area contributed by atoms with Crippen molar-refractivity contribution in [1.29, 1.82) is 0 Å². The number of hydrogen-bond donors (Lipinski definition) is 0. The van der Waals surface area contributed by atoms with Gasteiger partial charge in [-0.2, -0.15) is 0 Å². The Morgan fingerprint density at radius 1 is 1.22 bits per heavy atom. The number of ether oxygens (including phenoxy) is 1. The van der Waals surface area contributed by atoms with Gasteiger partial charge >= 0.3 is 5.97 Å². The molecule has 1 atom stereocenters. The van der Waals surface area contributed by atoms with Gasteiger partial charge in [-0.3, -0.25) is 9.36 Å². The van der Waals surface area contributed by atoms with Crippen LogP contribution < -0.4 is 14.9 Å². The molecule has 0 saturated carbocycles. The van der Waals surface area contributed by atoms with Crippen molar-refractivity contribution in [2.75, 3.05) is 6.61 Å². The summed E-state index contributed by atoms with van der Waals surface area (Å²) in [6, 6.07) is 10.2. The fraction of sp³-hybridized carbons (Fsp3) is 0.192. The zero-order chi connectivity index (χ0) is 26.1. The van der Waals surface area contributed by atoms with Gasteiger partial charge in [-0.05, 0) is 68.4 Å². The van der Waals surface area contributed by atoms with E-state index in [1.165, 1.54) is 39.8 Å². The minimum absolute atomic E-state index is 0.169. The lowest BCUT2D eigenvalue weighted by molar-refractivity contribution is -0.139. The summed E-state index contributed by atoms with van der Waals surface area (Å²) in [7, 11) is 0. The number of benzene rings is 1. The summed E-state index contributed by atoms with van der Waals surface area (Å²) in [5, 5.41) is 1.13. The number of carbonyl (C=O) groups is 1. The number of nitrogens with zero attached hydrogens (tertiary/aromatic N) is 4. The first-order valence-corrected chi connectivity index (χ1v) is 13.0. The number of furan rings is 1. The third-order valence-corrected chi connectivity index (χ3v) is 7.33. The van der Waals surface area contributed by atoms with Crippen LogP contribution in [0.1, 0.15) is 36.9 Å². The summed E-state index contributed by atoms with van der Waals surface area (Å²) >= 11 is 2.46. The summed E-state index contributed by atoms with van der Waals surface area (Å²) in [4.78, 5) is 40.0. The molecule has 1 aliphatic heterocycles. The second kappa shape index (κ2) is 10.3. The van der Waals surface area contributed by atoms with E-state index >= 15 is 0 Å². The number of rotatable bonds is 6. The molecular formula is C26H21FN4O4S2. The van der Waals surface area contributed by atoms with Crippen LogP contribution >= 0.6 is 23.1 Å². The SMILES string of the molecule is CCOC(=O)C1=C(C)N=c2s/c(=C/c3ccc(Sc4nccc(C)n4)o3)c(=O)n2[C@H]1c1ccc(F)cc1. The van der Waals surface area contributed by atoms with E-state index in [0.29, 0.717) is 36.6 Å². The highest BCUT2D eigenvalue weighted by atomic mass is 32.2. The molecule has 3 aromatic heterocycles. The van der Waals surface area contributed by atoms with Gasteiger partial charge in [0.05, 0.1) is 28.5 Å². The van der Waals surface area contributed by atoms with E-state index in [4.69, 9.17) is 9.15 Å². The molecule has 11 heteroatoms. The number of thiazole rings is 1. The lowest BCUT2D eigenvalue weighted by Crippen LogP contribution is -2.39. The average molecular weight is 537 g/mol. The Kier molecular flexibility index (Phi) is 6.90. The summed E-state index contributed by atoms with van der Waals surface area (Å²) < 4.78 is 26.6. The van der Waals surface area contributed by atoms with Crippen LogP contribution in [0.3, 0.4) is 0 Å². The number of carbonyl (C=O) groups excluding carboxylic acids is 1. The Morgan fingerprint density at radius 3 is 2.73 bits per heavy atom. The monoisotopic (exact) mass is 536 g/mol. The zero-order valence-electron chi connectivity index (χ0n) is 20.1. The van der Waals surface area contributed by atoms with Gasteiger partial charge in [-0.1, -0.05) is 23.5 Å². The largest absolute Gasteiger partial charge is 0.463 e. The van der Waals surface area contributed by atoms with Gasteiger partial charge in [-0.15, -0.1) is 0 Å². The lowest BCUT2D eigenvalue weighted by atomic mass is 9.96. The Morgan fingerprint density at radius 2 is 2.00 bits per heavy atom. The van der Waals surface area contributed by atoms with Crippen molar-refractivity contribution < 1.29 is 18.3 Å². The minimum Gasteiger partial charge on any atom is -0.463 e. The number of halogens is 1. The lowest BCUT2D eigenvalue weighted by Gasteiger charge is -2.24. The van der Waals surface area contributed by atoms with E-state index in [9.17, 15) is 14.0 Å². The van der Waals surface area contributed by atoms with E-state index in [0.717, 1.165) is 5.69 Å². The first kappa shape index (κ1) is 24.8. The van der Waals surface area contributed by atoms with Crippen molar-refractivity contribution in [2.24, 2.45) is 4.99 Å². The first-order chi connectivity index (χ1) is 17.8. The van der Waals surface area contributed by atoms with E-state index < -0.39 is 17.8 Å². The number of aryl methyl sites for hydroxylation is 1. The number of fused-ring (bicyclic) bond motifs is 1. The minimum atomic E-state index is -0.806. The Balaban J connectivity index is 1.57. The van der Waals surface area contributed by atoms with Crippen molar-refractivity contribution in [3.63, 3.8) is 0 Å². The number of esters is 1. The van der Waals surface area contributed by atoms with Crippen molar-refractivity contribution in [1.82, 2.24) is 14.5 Å². The molecule has 37 heavy (non-hydrogen) atoms. The summed E-state index contributed by atoms with van der Waals surface area (Å²) in [6.07, 6.45) is 3.31. The van der Waals surface area contributed by atoms with Crippen LogP contribution in [-0.2, 0) is 9.53 Å². The van der Waals surface area contributed by atoms with Crippen LogP contribution in [0.2, 0.25) is 0 Å². The maximum Gasteiger partial charge on any atom is 0.338 e. The van der Waals surface area contributed by atoms with Crippen LogP contribution in [0.5, 0.6) is 0 Å². The quantitative estimate of drug-likeness (QED) is 0.273. The molecule has 0 amide bonds. The standard InChI is InChI=1S/C26H21FN4O4S2/c1-4-34-24(33)21-15(3)30-26-31(22(21)16-5-7-17(27)8-6-16)23(32)19(36-26)13-18-9-10-20(35-18)37-25-28-12-11-14(2)29-25/h5-13,22H,4H2,1-3H3/b19-13+/t22-/m0/s1. The van der Waals surface area contributed by atoms with Gasteiger partial charge < -0.3 is 9.15 Å². The summed E-state index contributed by atoms with van der Waals surface area (Å²) in [5.74, 6) is -0.518. The van der Waals surface area contributed by atoms with Gasteiger partial charge in [0.25, 0.3) is 5.56 Å². The molecule has 5 rings (SSSR count). The van der Waals surface area contributed by atoms with Gasteiger partial charge in [0, 0.05) is 18.0 Å². The van der Waals surface area contributed by atoms with Crippen molar-refractivity contribution in [3.05, 3.63) is 102 Å². The molecule has 188 valence electrons. The molecule has 0 N–H and O–H groups in total. The highest BCUT2D eigenvalue weighted by Crippen LogP contribution is 2.31. The van der Waals surface area contributed by atoms with Crippen molar-refractivity contribution >= 4 is 35.1 Å². The van der Waals surface area contributed by atoms with Crippen molar-refractivity contribution in [2.45, 2.75) is 37.1 Å². The molecular weight excluding hydrogens is 515 g/mol. The normalized spacial score (nSPS) is 15.5. The second-order valence-electron chi connectivity index (χ2n) is 8.09. The van der Waals surface area contributed by atoms with Crippen molar-refractivity contribution in [3.8, 4) is 0 Å². The van der Waals surface area contributed by atoms with Gasteiger partial charge in [0.2, 0.25) is 0 Å². The van der Waals surface area contributed by atoms with E-state index in [1.807, 2.05) is 13.0 Å². The van der Waals surface area contributed by atoms with Gasteiger partial charge in [0.1, 0.15) is 11.6 Å². The molecule has 0 spiro atoms. The highest BCUT2D eigenvalue weighted by molar-refractivity contribution is 7.99. The zero-order valence-corrected chi connectivity index (χ0v) is 21.7. The molecule has 0 fully saturated rings. The predicted molar refractivity (Wildman–Crippen MR) is 136 cm³/mol. The Hall–Kier alpha value is -3.83. The summed E-state index contributed by atoms with van der Waals surface area (Å²) in [6.45, 7) is 5.45. The molecule has 0 aliphatic carbocycles. The maximum absolute atomic E-state index is 13.7. The van der Waals surface area contributed by atoms with Gasteiger partial charge in [-0.25, -0.2) is 24.1 Å². The van der Waals surface area contributed by atoms with Crippen LogP contribution in [0, 0.1) is 12.7 Å². The second-order valence-corrected chi connectivity index (χ2v) is 10.1. The first-order valence-electron chi connectivity index (χ1n) is 11.4. The molecule has 0 radical (unpaired) electrons. The fourth-order valence-corrected chi connectivity index (χ4v) is 5.70. The maximum atomic E-state index is 13.7. The number of allylic oxidation sites excluding steroid dienone is 1. The molecule has 0 saturated heterocycles. The topological polar surface area (TPSA) is 99.6 Å².